The summed E-state index contributed by atoms with van der Waals surface area (Å²) in [4.78, 5) is 17.7. The number of aromatic nitrogens is 1. The molecule has 0 unspecified atom stereocenters. The van der Waals surface area contributed by atoms with Crippen LogP contribution in [0.5, 0.6) is 0 Å². The van der Waals surface area contributed by atoms with E-state index in [9.17, 15) is 9.18 Å². The van der Waals surface area contributed by atoms with Crippen LogP contribution >= 0.6 is 0 Å². The number of carbonyl (C=O) groups excluding carboxylic acids is 1. The summed E-state index contributed by atoms with van der Waals surface area (Å²) in [7, 11) is 0. The summed E-state index contributed by atoms with van der Waals surface area (Å²) in [6.07, 6.45) is 3.23. The molecule has 0 aliphatic carbocycles. The molecule has 0 radical (unpaired) electrons. The first-order valence-electron chi connectivity index (χ1n) is 5.96. The van der Waals surface area contributed by atoms with E-state index in [1.165, 1.54) is 12.3 Å². The molecule has 3 rings (SSSR count). The molecule has 0 saturated carbocycles. The molecule has 2 heterocycles. The van der Waals surface area contributed by atoms with Crippen molar-refractivity contribution in [1.29, 1.82) is 0 Å². The number of pyridine rings is 1. The Bertz CT molecular complexity index is 657. The molecule has 5 heteroatoms. The molecule has 19 heavy (non-hydrogen) atoms. The summed E-state index contributed by atoms with van der Waals surface area (Å²) in [6.45, 7) is 0.578. The molecule has 1 aromatic heterocycles. The van der Waals surface area contributed by atoms with E-state index in [1.54, 1.807) is 11.0 Å². The lowest BCUT2D eigenvalue weighted by molar-refractivity contribution is 0.0988. The quantitative estimate of drug-likeness (QED) is 0.795. The van der Waals surface area contributed by atoms with Crippen molar-refractivity contribution in [2.24, 2.45) is 0 Å². The molecule has 0 spiro atoms. The Morgan fingerprint density at radius 2 is 2.16 bits per heavy atom. The van der Waals surface area contributed by atoms with Gasteiger partial charge >= 0.3 is 0 Å². The van der Waals surface area contributed by atoms with Crippen LogP contribution in [0.2, 0.25) is 0 Å². The number of halogens is 1. The average Bonchev–Trinajstić information content (AvgIpc) is 2.80. The highest BCUT2D eigenvalue weighted by Gasteiger charge is 2.26. The highest BCUT2D eigenvalue weighted by Crippen LogP contribution is 2.31. The Kier molecular flexibility index (Phi) is 2.67. The molecule has 0 bridgehead atoms. The van der Waals surface area contributed by atoms with Gasteiger partial charge in [0.2, 0.25) is 0 Å². The molecule has 1 aliphatic rings. The van der Waals surface area contributed by atoms with Gasteiger partial charge in [-0.2, -0.15) is 0 Å². The summed E-state index contributed by atoms with van der Waals surface area (Å²) in [5.74, 6) is -0.769. The predicted molar refractivity (Wildman–Crippen MR) is 70.4 cm³/mol. The van der Waals surface area contributed by atoms with Crippen LogP contribution in [0.1, 0.15) is 15.9 Å². The highest BCUT2D eigenvalue weighted by atomic mass is 19.1. The number of amides is 1. The molecule has 2 aromatic rings. The number of carbonyl (C=O) groups is 1. The fourth-order valence-electron chi connectivity index (χ4n) is 2.29. The molecule has 1 aromatic carbocycles. The number of hydrogen-bond donors (Lipinski definition) is 1. The number of rotatable bonds is 1. The van der Waals surface area contributed by atoms with E-state index in [4.69, 9.17) is 5.73 Å². The summed E-state index contributed by atoms with van der Waals surface area (Å²) < 4.78 is 13.1. The average molecular weight is 257 g/mol. The fraction of sp³-hybridized carbons (Fsp3) is 0.143. The zero-order valence-electron chi connectivity index (χ0n) is 10.1. The maximum atomic E-state index is 13.1. The summed E-state index contributed by atoms with van der Waals surface area (Å²) in [5.41, 5.74) is 8.47. The molecule has 0 atom stereocenters. The van der Waals surface area contributed by atoms with E-state index in [0.717, 1.165) is 23.9 Å². The maximum absolute atomic E-state index is 13.1. The van der Waals surface area contributed by atoms with Crippen LogP contribution in [0.3, 0.4) is 0 Å². The summed E-state index contributed by atoms with van der Waals surface area (Å²) in [6, 6.07) is 6.70. The molecule has 96 valence electrons. The van der Waals surface area contributed by atoms with Gasteiger partial charge in [0.25, 0.3) is 5.91 Å². The van der Waals surface area contributed by atoms with Crippen molar-refractivity contribution in [3.63, 3.8) is 0 Å². The standard InChI is InChI=1S/C14H12FN3O/c15-11-5-10(7-17-8-11)14(19)18-4-3-9-1-2-12(16)6-13(9)18/h1-2,5-8H,3-4,16H2. The number of hydrogen-bond acceptors (Lipinski definition) is 3. The van der Waals surface area contributed by atoms with Crippen LogP contribution in [0, 0.1) is 5.82 Å². The van der Waals surface area contributed by atoms with Gasteiger partial charge in [-0.05, 0) is 30.2 Å². The summed E-state index contributed by atoms with van der Waals surface area (Å²) >= 11 is 0. The largest absolute Gasteiger partial charge is 0.399 e. The third-order valence-electron chi connectivity index (χ3n) is 3.20. The van der Waals surface area contributed by atoms with E-state index in [1.807, 2.05) is 12.1 Å². The second-order valence-corrected chi connectivity index (χ2v) is 4.49. The third-order valence-corrected chi connectivity index (χ3v) is 3.20. The molecule has 1 aliphatic heterocycles. The van der Waals surface area contributed by atoms with Gasteiger partial charge in [-0.3, -0.25) is 9.78 Å². The van der Waals surface area contributed by atoms with Crippen molar-refractivity contribution in [3.05, 3.63) is 53.6 Å². The Morgan fingerprint density at radius 3 is 2.95 bits per heavy atom. The van der Waals surface area contributed by atoms with E-state index >= 15 is 0 Å². The van der Waals surface area contributed by atoms with Crippen LogP contribution in [-0.4, -0.2) is 17.4 Å². The predicted octanol–water partition coefficient (Wildman–Crippen LogP) is 2.01. The number of nitrogen functional groups attached to an aromatic ring is 1. The second-order valence-electron chi connectivity index (χ2n) is 4.49. The van der Waals surface area contributed by atoms with Gasteiger partial charge in [-0.25, -0.2) is 4.39 Å². The minimum Gasteiger partial charge on any atom is -0.399 e. The normalized spacial score (nSPS) is 13.4. The van der Waals surface area contributed by atoms with Gasteiger partial charge < -0.3 is 10.6 Å². The molecule has 2 N–H and O–H groups in total. The third kappa shape index (κ3) is 2.03. The lowest BCUT2D eigenvalue weighted by Gasteiger charge is -2.17. The highest BCUT2D eigenvalue weighted by molar-refractivity contribution is 6.07. The first-order chi connectivity index (χ1) is 9.15. The lowest BCUT2D eigenvalue weighted by Crippen LogP contribution is -2.29. The number of nitrogens with zero attached hydrogens (tertiary/aromatic N) is 2. The van der Waals surface area contributed by atoms with Crippen LogP contribution in [0.15, 0.2) is 36.7 Å². The zero-order chi connectivity index (χ0) is 13.4. The Labute approximate surface area is 109 Å². The van der Waals surface area contributed by atoms with Crippen molar-refractivity contribution >= 4 is 17.3 Å². The fourth-order valence-corrected chi connectivity index (χ4v) is 2.29. The SMILES string of the molecule is Nc1ccc2c(c1)N(C(=O)c1cncc(F)c1)CC2. The number of nitrogens with two attached hydrogens (primary N) is 1. The van der Waals surface area contributed by atoms with Crippen molar-refractivity contribution in [2.45, 2.75) is 6.42 Å². The van der Waals surface area contributed by atoms with Gasteiger partial charge in [-0.15, -0.1) is 0 Å². The van der Waals surface area contributed by atoms with E-state index in [-0.39, 0.29) is 11.5 Å². The number of benzene rings is 1. The van der Waals surface area contributed by atoms with E-state index in [0.29, 0.717) is 12.2 Å². The smallest absolute Gasteiger partial charge is 0.259 e. The van der Waals surface area contributed by atoms with Gasteiger partial charge in [0.1, 0.15) is 5.82 Å². The van der Waals surface area contributed by atoms with Gasteiger partial charge in [-0.1, -0.05) is 6.07 Å². The Balaban J connectivity index is 1.97. The zero-order valence-corrected chi connectivity index (χ0v) is 10.1. The number of fused-ring (bicyclic) bond motifs is 1. The molecule has 1 amide bonds. The monoisotopic (exact) mass is 257 g/mol. The summed E-state index contributed by atoms with van der Waals surface area (Å²) in [5, 5.41) is 0. The molecule has 0 fully saturated rings. The van der Waals surface area contributed by atoms with Crippen LogP contribution in [0.4, 0.5) is 15.8 Å². The first-order valence-corrected chi connectivity index (χ1v) is 5.96. The lowest BCUT2D eigenvalue weighted by atomic mass is 10.1. The van der Waals surface area contributed by atoms with E-state index in [2.05, 4.69) is 4.98 Å². The molecular formula is C14H12FN3O. The van der Waals surface area contributed by atoms with Crippen molar-refractivity contribution in [2.75, 3.05) is 17.2 Å². The number of anilines is 2. The minimum atomic E-state index is -0.516. The van der Waals surface area contributed by atoms with Crippen LogP contribution < -0.4 is 10.6 Å². The Hall–Kier alpha value is -2.43. The van der Waals surface area contributed by atoms with Crippen molar-refractivity contribution < 1.29 is 9.18 Å². The second kappa shape index (κ2) is 4.35. The van der Waals surface area contributed by atoms with Gasteiger partial charge in [0.05, 0.1) is 11.8 Å². The molecular weight excluding hydrogens is 245 g/mol. The molecule has 4 nitrogen and oxygen atoms in total. The maximum Gasteiger partial charge on any atom is 0.259 e. The van der Waals surface area contributed by atoms with E-state index < -0.39 is 5.82 Å². The minimum absolute atomic E-state index is 0.246. The molecule has 0 saturated heterocycles. The van der Waals surface area contributed by atoms with Gasteiger partial charge in [0, 0.05) is 24.1 Å². The van der Waals surface area contributed by atoms with Crippen molar-refractivity contribution in [1.82, 2.24) is 4.98 Å². The first kappa shape index (κ1) is 11.6. The Morgan fingerprint density at radius 1 is 1.32 bits per heavy atom. The van der Waals surface area contributed by atoms with Crippen LogP contribution in [-0.2, 0) is 6.42 Å². The van der Waals surface area contributed by atoms with Crippen molar-refractivity contribution in [3.8, 4) is 0 Å². The van der Waals surface area contributed by atoms with Crippen LogP contribution in [0.25, 0.3) is 0 Å². The van der Waals surface area contributed by atoms with Gasteiger partial charge in [0.15, 0.2) is 0 Å². The topological polar surface area (TPSA) is 59.2 Å².